The standard InChI is InChI=1S/C22H28N4O2/c1-16-23-20-15-28-21-7-3-2-5-17(21)13-19(20)22(24-16)26-10-8-25(9-11-26)14-18-6-4-12-27-18/h2-3,5,7,18H,4,6,8-15H2,1H3/t18-/m0/s1. The number of aromatic nitrogens is 2. The van der Waals surface area contributed by atoms with E-state index in [2.05, 4.69) is 21.9 Å². The molecule has 4 heterocycles. The third-order valence-electron chi connectivity index (χ3n) is 6.04. The summed E-state index contributed by atoms with van der Waals surface area (Å²) in [7, 11) is 0. The van der Waals surface area contributed by atoms with Crippen LogP contribution in [0.2, 0.25) is 0 Å². The van der Waals surface area contributed by atoms with E-state index in [-0.39, 0.29) is 0 Å². The molecule has 0 saturated carbocycles. The van der Waals surface area contributed by atoms with Gasteiger partial charge in [-0.15, -0.1) is 0 Å². The van der Waals surface area contributed by atoms with Gasteiger partial charge in [-0.1, -0.05) is 18.2 Å². The lowest BCUT2D eigenvalue weighted by Crippen LogP contribution is -2.49. The summed E-state index contributed by atoms with van der Waals surface area (Å²) in [4.78, 5) is 14.6. The molecule has 148 valence electrons. The van der Waals surface area contributed by atoms with E-state index in [9.17, 15) is 0 Å². The molecule has 0 spiro atoms. The first-order valence-electron chi connectivity index (χ1n) is 10.4. The van der Waals surface area contributed by atoms with E-state index >= 15 is 0 Å². The largest absolute Gasteiger partial charge is 0.487 e. The molecule has 3 aliphatic rings. The van der Waals surface area contributed by atoms with Crippen LogP contribution in [-0.4, -0.2) is 60.3 Å². The molecule has 0 unspecified atom stereocenters. The van der Waals surface area contributed by atoms with Gasteiger partial charge in [0, 0.05) is 51.3 Å². The van der Waals surface area contributed by atoms with Crippen molar-refractivity contribution >= 4 is 5.82 Å². The van der Waals surface area contributed by atoms with Gasteiger partial charge < -0.3 is 14.4 Å². The number of benzene rings is 1. The molecule has 0 amide bonds. The van der Waals surface area contributed by atoms with Crippen LogP contribution in [0.4, 0.5) is 5.82 Å². The summed E-state index contributed by atoms with van der Waals surface area (Å²) in [5.41, 5.74) is 3.47. The molecule has 6 heteroatoms. The molecule has 2 aromatic rings. The maximum atomic E-state index is 6.03. The van der Waals surface area contributed by atoms with Crippen LogP contribution < -0.4 is 9.64 Å². The Kier molecular flexibility index (Phi) is 4.91. The minimum absolute atomic E-state index is 0.428. The third-order valence-corrected chi connectivity index (χ3v) is 6.04. The van der Waals surface area contributed by atoms with E-state index in [0.29, 0.717) is 12.7 Å². The molecule has 0 radical (unpaired) electrons. The molecular weight excluding hydrogens is 352 g/mol. The number of fused-ring (bicyclic) bond motifs is 2. The number of hydrogen-bond acceptors (Lipinski definition) is 6. The minimum Gasteiger partial charge on any atom is -0.487 e. The van der Waals surface area contributed by atoms with Gasteiger partial charge in [-0.3, -0.25) is 4.90 Å². The lowest BCUT2D eigenvalue weighted by Gasteiger charge is -2.37. The highest BCUT2D eigenvalue weighted by atomic mass is 16.5. The van der Waals surface area contributed by atoms with Crippen molar-refractivity contribution in [1.29, 1.82) is 0 Å². The van der Waals surface area contributed by atoms with Gasteiger partial charge in [-0.25, -0.2) is 9.97 Å². The number of nitrogens with zero attached hydrogens (tertiary/aromatic N) is 4. The Labute approximate surface area is 166 Å². The maximum absolute atomic E-state index is 6.03. The summed E-state index contributed by atoms with van der Waals surface area (Å²) in [6.45, 7) is 8.61. The van der Waals surface area contributed by atoms with Crippen LogP contribution in [0, 0.1) is 6.92 Å². The van der Waals surface area contributed by atoms with Crippen molar-refractivity contribution in [2.75, 3.05) is 44.2 Å². The van der Waals surface area contributed by atoms with Crippen molar-refractivity contribution in [3.8, 4) is 5.75 Å². The molecule has 5 rings (SSSR count). The first-order chi connectivity index (χ1) is 13.8. The fourth-order valence-electron chi connectivity index (χ4n) is 4.55. The second-order valence-electron chi connectivity index (χ2n) is 8.02. The van der Waals surface area contributed by atoms with Crippen LogP contribution in [0.1, 0.15) is 35.5 Å². The van der Waals surface area contributed by atoms with Crippen LogP contribution in [0.15, 0.2) is 24.3 Å². The predicted molar refractivity (Wildman–Crippen MR) is 108 cm³/mol. The fraction of sp³-hybridized carbons (Fsp3) is 0.545. The highest BCUT2D eigenvalue weighted by molar-refractivity contribution is 5.54. The van der Waals surface area contributed by atoms with Crippen molar-refractivity contribution in [1.82, 2.24) is 14.9 Å². The summed E-state index contributed by atoms with van der Waals surface area (Å²) in [6, 6.07) is 8.30. The van der Waals surface area contributed by atoms with Crippen molar-refractivity contribution in [3.63, 3.8) is 0 Å². The second kappa shape index (κ2) is 7.68. The molecule has 28 heavy (non-hydrogen) atoms. The SMILES string of the molecule is Cc1nc2c(c(N3CCN(C[C@@H]4CCCO4)CC3)n1)Cc1ccccc1OC2. The van der Waals surface area contributed by atoms with Crippen molar-refractivity contribution < 1.29 is 9.47 Å². The topological polar surface area (TPSA) is 50.7 Å². The molecule has 2 fully saturated rings. The number of aryl methyl sites for hydroxylation is 1. The van der Waals surface area contributed by atoms with E-state index in [0.717, 1.165) is 68.8 Å². The Morgan fingerprint density at radius 2 is 1.96 bits per heavy atom. The van der Waals surface area contributed by atoms with Crippen molar-refractivity contribution in [2.24, 2.45) is 0 Å². The highest BCUT2D eigenvalue weighted by Crippen LogP contribution is 2.32. The maximum Gasteiger partial charge on any atom is 0.136 e. The number of ether oxygens (including phenoxy) is 2. The molecule has 1 atom stereocenters. The number of piperazine rings is 1. The zero-order chi connectivity index (χ0) is 18.9. The van der Waals surface area contributed by atoms with Gasteiger partial charge in [-0.2, -0.15) is 0 Å². The van der Waals surface area contributed by atoms with Crippen LogP contribution in [0.3, 0.4) is 0 Å². The fourth-order valence-corrected chi connectivity index (χ4v) is 4.55. The van der Waals surface area contributed by atoms with Gasteiger partial charge in [0.05, 0.1) is 11.8 Å². The number of hydrogen-bond donors (Lipinski definition) is 0. The molecule has 6 nitrogen and oxygen atoms in total. The summed E-state index contributed by atoms with van der Waals surface area (Å²) in [5, 5.41) is 0. The molecular formula is C22H28N4O2. The second-order valence-corrected chi connectivity index (χ2v) is 8.02. The van der Waals surface area contributed by atoms with Gasteiger partial charge in [0.1, 0.15) is 24.0 Å². The van der Waals surface area contributed by atoms with E-state index in [1.807, 2.05) is 19.1 Å². The van der Waals surface area contributed by atoms with Crippen LogP contribution in [0.5, 0.6) is 5.75 Å². The van der Waals surface area contributed by atoms with E-state index in [1.54, 1.807) is 0 Å². The quantitative estimate of drug-likeness (QED) is 0.816. The summed E-state index contributed by atoms with van der Waals surface area (Å²) in [6.07, 6.45) is 3.67. The molecule has 1 aromatic carbocycles. The molecule has 0 aliphatic carbocycles. The lowest BCUT2D eigenvalue weighted by molar-refractivity contribution is 0.0712. The lowest BCUT2D eigenvalue weighted by atomic mass is 10.0. The summed E-state index contributed by atoms with van der Waals surface area (Å²) in [5.74, 6) is 2.88. The number of anilines is 1. The van der Waals surface area contributed by atoms with E-state index in [1.165, 1.54) is 24.0 Å². The van der Waals surface area contributed by atoms with Crippen molar-refractivity contribution in [3.05, 3.63) is 46.9 Å². The van der Waals surface area contributed by atoms with E-state index < -0.39 is 0 Å². The first-order valence-corrected chi connectivity index (χ1v) is 10.4. The smallest absolute Gasteiger partial charge is 0.136 e. The van der Waals surface area contributed by atoms with Gasteiger partial charge in [0.2, 0.25) is 0 Å². The Bertz CT molecular complexity index is 842. The summed E-state index contributed by atoms with van der Waals surface area (Å²) >= 11 is 0. The average molecular weight is 380 g/mol. The van der Waals surface area contributed by atoms with Gasteiger partial charge in [-0.05, 0) is 31.4 Å². The molecule has 2 saturated heterocycles. The Balaban J connectivity index is 1.36. The van der Waals surface area contributed by atoms with Gasteiger partial charge in [0.15, 0.2) is 0 Å². The van der Waals surface area contributed by atoms with Crippen LogP contribution in [0.25, 0.3) is 0 Å². The number of rotatable bonds is 3. The molecule has 0 N–H and O–H groups in total. The van der Waals surface area contributed by atoms with Crippen LogP contribution in [-0.2, 0) is 17.8 Å². The normalized spacial score (nSPS) is 22.3. The molecule has 3 aliphatic heterocycles. The van der Waals surface area contributed by atoms with Crippen molar-refractivity contribution in [2.45, 2.75) is 38.9 Å². The first kappa shape index (κ1) is 17.9. The summed E-state index contributed by atoms with van der Waals surface area (Å²) < 4.78 is 11.8. The Hall–Kier alpha value is -2.18. The van der Waals surface area contributed by atoms with Gasteiger partial charge >= 0.3 is 0 Å². The highest BCUT2D eigenvalue weighted by Gasteiger charge is 2.27. The average Bonchev–Trinajstić information content (AvgIpc) is 3.15. The minimum atomic E-state index is 0.428. The monoisotopic (exact) mass is 380 g/mol. The zero-order valence-corrected chi connectivity index (χ0v) is 16.6. The predicted octanol–water partition coefficient (Wildman–Crippen LogP) is 2.57. The number of para-hydroxylation sites is 1. The zero-order valence-electron chi connectivity index (χ0n) is 16.6. The van der Waals surface area contributed by atoms with Gasteiger partial charge in [0.25, 0.3) is 0 Å². The Morgan fingerprint density at radius 3 is 2.79 bits per heavy atom. The third kappa shape index (κ3) is 3.59. The Morgan fingerprint density at radius 1 is 1.11 bits per heavy atom. The van der Waals surface area contributed by atoms with Crippen LogP contribution >= 0.6 is 0 Å². The van der Waals surface area contributed by atoms with E-state index in [4.69, 9.17) is 19.4 Å². The molecule has 0 bridgehead atoms. The molecule has 1 aromatic heterocycles.